The first-order valence-corrected chi connectivity index (χ1v) is 10.4. The summed E-state index contributed by atoms with van der Waals surface area (Å²) in [6, 6.07) is 8.83. The molecule has 0 spiro atoms. The summed E-state index contributed by atoms with van der Waals surface area (Å²) < 4.78 is 30.6. The molecule has 1 atom stereocenters. The van der Waals surface area contributed by atoms with Gasteiger partial charge >= 0.3 is 0 Å². The fraction of sp³-hybridized carbons (Fsp3) is 0.421. The summed E-state index contributed by atoms with van der Waals surface area (Å²) in [6.07, 6.45) is 2.97. The molecule has 2 aromatic rings. The smallest absolute Gasteiger partial charge is 0.243 e. The van der Waals surface area contributed by atoms with Crippen LogP contribution in [0.15, 0.2) is 41.4 Å². The lowest BCUT2D eigenvalue weighted by Gasteiger charge is -2.38. The number of hydrogen-bond donors (Lipinski definition) is 1. The molecular formula is C19H23N3O3S. The van der Waals surface area contributed by atoms with Crippen LogP contribution in [0.4, 0.5) is 5.69 Å². The molecular weight excluding hydrogens is 350 g/mol. The van der Waals surface area contributed by atoms with Gasteiger partial charge in [0.05, 0.1) is 10.9 Å². The number of anilines is 1. The van der Waals surface area contributed by atoms with Gasteiger partial charge in [-0.2, -0.15) is 4.31 Å². The molecule has 3 heterocycles. The molecule has 1 aromatic carbocycles. The van der Waals surface area contributed by atoms with Crippen LogP contribution in [0.25, 0.3) is 0 Å². The molecule has 1 N–H and O–H groups in total. The number of sulfonamides is 1. The second-order valence-corrected chi connectivity index (χ2v) is 9.19. The van der Waals surface area contributed by atoms with Crippen molar-refractivity contribution in [1.82, 2.24) is 8.87 Å². The van der Waals surface area contributed by atoms with Gasteiger partial charge in [-0.25, -0.2) is 8.42 Å². The van der Waals surface area contributed by atoms with E-state index in [-0.39, 0.29) is 17.9 Å². The zero-order valence-electron chi connectivity index (χ0n) is 15.0. The number of carbonyl (C=O) groups is 1. The quantitative estimate of drug-likeness (QED) is 0.899. The normalized spacial score (nSPS) is 20.6. The van der Waals surface area contributed by atoms with Crippen molar-refractivity contribution in [3.63, 3.8) is 0 Å². The Bertz CT molecular complexity index is 962. The minimum absolute atomic E-state index is 0.0234. The third-order valence-electron chi connectivity index (χ3n) is 5.25. The molecule has 6 nitrogen and oxygen atoms in total. The van der Waals surface area contributed by atoms with Crippen LogP contribution in [0.3, 0.4) is 0 Å². The van der Waals surface area contributed by atoms with E-state index in [2.05, 4.69) is 23.7 Å². The van der Waals surface area contributed by atoms with E-state index in [1.54, 1.807) is 22.5 Å². The van der Waals surface area contributed by atoms with Crippen molar-refractivity contribution in [2.75, 3.05) is 11.9 Å². The highest BCUT2D eigenvalue weighted by Crippen LogP contribution is 2.37. The molecule has 26 heavy (non-hydrogen) atoms. The third kappa shape index (κ3) is 2.75. The maximum absolute atomic E-state index is 13.4. The number of hydrogen-bond acceptors (Lipinski definition) is 3. The second-order valence-electron chi connectivity index (χ2n) is 7.30. The lowest BCUT2D eigenvalue weighted by atomic mass is 9.99. The summed E-state index contributed by atoms with van der Waals surface area (Å²) in [5.41, 5.74) is 2.64. The van der Waals surface area contributed by atoms with E-state index in [4.69, 9.17) is 0 Å². The van der Waals surface area contributed by atoms with Gasteiger partial charge in [0.25, 0.3) is 0 Å². The van der Waals surface area contributed by atoms with Crippen LogP contribution < -0.4 is 5.32 Å². The zero-order chi connectivity index (χ0) is 18.5. The number of nitrogens with zero attached hydrogens (tertiary/aromatic N) is 2. The Labute approximate surface area is 153 Å². The van der Waals surface area contributed by atoms with Crippen molar-refractivity contribution in [3.05, 3.63) is 47.8 Å². The van der Waals surface area contributed by atoms with E-state index in [1.165, 1.54) is 0 Å². The van der Waals surface area contributed by atoms with Crippen molar-refractivity contribution in [3.8, 4) is 0 Å². The minimum Gasteiger partial charge on any atom is -0.349 e. The van der Waals surface area contributed by atoms with Crippen LogP contribution >= 0.6 is 0 Å². The molecule has 138 valence electrons. The molecule has 0 fully saturated rings. The summed E-state index contributed by atoms with van der Waals surface area (Å²) in [4.78, 5) is 11.8. The summed E-state index contributed by atoms with van der Waals surface area (Å²) in [5.74, 6) is 0.139. The fourth-order valence-corrected chi connectivity index (χ4v) is 5.77. The molecule has 0 radical (unpaired) electrons. The monoisotopic (exact) mass is 373 g/mol. The highest BCUT2D eigenvalue weighted by atomic mass is 32.2. The standard InChI is InChI=1S/C19H23N3O3S/c1-13(2)19-17-4-3-9-21(17)10-11-22(19)26(24,25)15-6-7-16-14(12-15)5-8-18(23)20-16/h3-4,6-7,9,12-13,19H,5,8,10-11H2,1-2H3,(H,20,23). The van der Waals surface area contributed by atoms with Gasteiger partial charge in [0.1, 0.15) is 0 Å². The first-order valence-electron chi connectivity index (χ1n) is 8.97. The average Bonchev–Trinajstić information content (AvgIpc) is 3.08. The molecule has 1 amide bonds. The first-order chi connectivity index (χ1) is 12.4. The number of aromatic nitrogens is 1. The molecule has 2 aliphatic heterocycles. The van der Waals surface area contributed by atoms with Gasteiger partial charge in [0, 0.05) is 37.1 Å². The maximum atomic E-state index is 13.4. The van der Waals surface area contributed by atoms with Crippen LogP contribution in [0.1, 0.15) is 37.6 Å². The SMILES string of the molecule is CC(C)C1c2cccn2CCN1S(=O)(=O)c1ccc2c(c1)CCC(=O)N2. The lowest BCUT2D eigenvalue weighted by Crippen LogP contribution is -2.43. The van der Waals surface area contributed by atoms with Gasteiger partial charge in [-0.3, -0.25) is 4.79 Å². The van der Waals surface area contributed by atoms with Gasteiger partial charge in [0.15, 0.2) is 0 Å². The highest BCUT2D eigenvalue weighted by molar-refractivity contribution is 7.89. The average molecular weight is 373 g/mol. The van der Waals surface area contributed by atoms with Crippen LogP contribution in [0.5, 0.6) is 0 Å². The molecule has 0 aliphatic carbocycles. The van der Waals surface area contributed by atoms with Crippen LogP contribution in [0, 0.1) is 5.92 Å². The number of nitrogens with one attached hydrogen (secondary N) is 1. The predicted octanol–water partition coefficient (Wildman–Crippen LogP) is 2.77. The van der Waals surface area contributed by atoms with E-state index in [9.17, 15) is 13.2 Å². The van der Waals surface area contributed by atoms with Gasteiger partial charge in [-0.05, 0) is 48.2 Å². The number of benzene rings is 1. The number of amides is 1. The largest absolute Gasteiger partial charge is 0.349 e. The second kappa shape index (κ2) is 6.25. The van der Waals surface area contributed by atoms with Gasteiger partial charge in [-0.1, -0.05) is 13.8 Å². The van der Waals surface area contributed by atoms with Crippen molar-refractivity contribution in [2.45, 2.75) is 44.2 Å². The van der Waals surface area contributed by atoms with E-state index in [1.807, 2.05) is 18.3 Å². The Balaban J connectivity index is 1.74. The zero-order valence-corrected chi connectivity index (χ0v) is 15.8. The third-order valence-corrected chi connectivity index (χ3v) is 7.13. The molecule has 2 aliphatic rings. The van der Waals surface area contributed by atoms with E-state index < -0.39 is 10.0 Å². The van der Waals surface area contributed by atoms with Crippen molar-refractivity contribution in [2.24, 2.45) is 5.92 Å². The molecule has 0 saturated carbocycles. The van der Waals surface area contributed by atoms with Gasteiger partial charge in [-0.15, -0.1) is 0 Å². The number of fused-ring (bicyclic) bond motifs is 2. The van der Waals surface area contributed by atoms with Gasteiger partial charge < -0.3 is 9.88 Å². The summed E-state index contributed by atoms with van der Waals surface area (Å²) in [5, 5.41) is 2.80. The minimum atomic E-state index is -3.62. The van der Waals surface area contributed by atoms with E-state index >= 15 is 0 Å². The van der Waals surface area contributed by atoms with Crippen molar-refractivity contribution < 1.29 is 13.2 Å². The molecule has 1 aromatic heterocycles. The van der Waals surface area contributed by atoms with Crippen LogP contribution in [0.2, 0.25) is 0 Å². The Kier molecular flexibility index (Phi) is 4.16. The molecule has 7 heteroatoms. The van der Waals surface area contributed by atoms with Crippen LogP contribution in [-0.4, -0.2) is 29.7 Å². The molecule has 4 rings (SSSR count). The summed E-state index contributed by atoms with van der Waals surface area (Å²) >= 11 is 0. The molecule has 0 saturated heterocycles. The number of rotatable bonds is 3. The maximum Gasteiger partial charge on any atom is 0.243 e. The molecule has 0 bridgehead atoms. The van der Waals surface area contributed by atoms with Gasteiger partial charge in [0.2, 0.25) is 15.9 Å². The summed E-state index contributed by atoms with van der Waals surface area (Å²) in [7, 11) is -3.62. The van der Waals surface area contributed by atoms with E-state index in [0.29, 0.717) is 36.5 Å². The van der Waals surface area contributed by atoms with E-state index in [0.717, 1.165) is 11.3 Å². The Morgan fingerprint density at radius 3 is 2.73 bits per heavy atom. The fourth-order valence-electron chi connectivity index (χ4n) is 3.99. The van der Waals surface area contributed by atoms with Crippen LogP contribution in [-0.2, 0) is 27.8 Å². The highest BCUT2D eigenvalue weighted by Gasteiger charge is 2.38. The van der Waals surface area contributed by atoms with Crippen molar-refractivity contribution >= 4 is 21.6 Å². The van der Waals surface area contributed by atoms with Crippen molar-refractivity contribution in [1.29, 1.82) is 0 Å². The lowest BCUT2D eigenvalue weighted by molar-refractivity contribution is -0.116. The Morgan fingerprint density at radius 2 is 1.96 bits per heavy atom. The summed E-state index contributed by atoms with van der Waals surface area (Å²) in [6.45, 7) is 5.23. The number of aryl methyl sites for hydroxylation is 1. The first kappa shape index (κ1) is 17.3. The predicted molar refractivity (Wildman–Crippen MR) is 99.3 cm³/mol. The number of carbonyl (C=O) groups excluding carboxylic acids is 1. The molecule has 1 unspecified atom stereocenters. The Hall–Kier alpha value is -2.12. The topological polar surface area (TPSA) is 71.4 Å². The Morgan fingerprint density at radius 1 is 1.15 bits per heavy atom.